The van der Waals surface area contributed by atoms with Crippen molar-refractivity contribution in [2.75, 3.05) is 13.2 Å². The summed E-state index contributed by atoms with van der Waals surface area (Å²) in [7, 11) is 0. The fourth-order valence-corrected chi connectivity index (χ4v) is 3.54. The molecule has 1 aliphatic heterocycles. The van der Waals surface area contributed by atoms with Gasteiger partial charge in [0, 0.05) is 17.8 Å². The van der Waals surface area contributed by atoms with Gasteiger partial charge in [-0.25, -0.2) is 4.98 Å². The van der Waals surface area contributed by atoms with E-state index in [9.17, 15) is 4.79 Å². The number of thioether (sulfide) groups is 1. The predicted molar refractivity (Wildman–Crippen MR) is 82.9 cm³/mol. The van der Waals surface area contributed by atoms with E-state index >= 15 is 0 Å². The van der Waals surface area contributed by atoms with Gasteiger partial charge in [-0.15, -0.1) is 0 Å². The van der Waals surface area contributed by atoms with E-state index < -0.39 is 0 Å². The Balaban J connectivity index is 1.86. The molecule has 2 aromatic rings. The van der Waals surface area contributed by atoms with Gasteiger partial charge in [0.05, 0.1) is 11.3 Å². The van der Waals surface area contributed by atoms with E-state index in [1.165, 1.54) is 24.0 Å². The fraction of sp³-hybridized carbons (Fsp3) is 0.333. The second-order valence-corrected chi connectivity index (χ2v) is 6.01. The Bertz CT molecular complexity index is 674. The van der Waals surface area contributed by atoms with Crippen molar-refractivity contribution >= 4 is 11.8 Å². The molecule has 0 radical (unpaired) electrons. The third kappa shape index (κ3) is 3.11. The summed E-state index contributed by atoms with van der Waals surface area (Å²) in [4.78, 5) is 18.3. The smallest absolute Gasteiger partial charge is 0.251 e. The Hall–Kier alpha value is -1.79. The number of nitrogens with zero attached hydrogens (tertiary/aromatic N) is 1. The molecule has 0 saturated carbocycles. The first-order valence-corrected chi connectivity index (χ1v) is 7.83. The number of hydrogen-bond donors (Lipinski definition) is 2. The van der Waals surface area contributed by atoms with Crippen LogP contribution in [-0.2, 0) is 0 Å². The molecule has 1 aromatic carbocycles. The Morgan fingerprint density at radius 1 is 1.43 bits per heavy atom. The molecule has 3 rings (SSSR count). The number of para-hydroxylation sites is 1. The highest BCUT2D eigenvalue weighted by Gasteiger charge is 2.31. The summed E-state index contributed by atoms with van der Waals surface area (Å²) in [6, 6.07) is 9.65. The summed E-state index contributed by atoms with van der Waals surface area (Å²) < 4.78 is 5.83. The summed E-state index contributed by atoms with van der Waals surface area (Å²) in [6.45, 7) is 3.54. The highest BCUT2D eigenvalue weighted by atomic mass is 32.2. The van der Waals surface area contributed by atoms with Crippen LogP contribution in [0.1, 0.15) is 18.5 Å². The maximum Gasteiger partial charge on any atom is 0.251 e. The number of aromatic amines is 1. The minimum atomic E-state index is -0.135. The third-order valence-electron chi connectivity index (χ3n) is 3.36. The van der Waals surface area contributed by atoms with Crippen LogP contribution in [0.15, 0.2) is 46.5 Å². The van der Waals surface area contributed by atoms with Crippen LogP contribution in [0.5, 0.6) is 5.75 Å². The van der Waals surface area contributed by atoms with Gasteiger partial charge in [0.1, 0.15) is 12.4 Å². The molecule has 0 fully saturated rings. The maximum absolute atomic E-state index is 11.4. The SMILES string of the molecule is CCNC1c2ccccc2OCC1Sc1nccc(=O)[nH]1. The van der Waals surface area contributed by atoms with Crippen molar-refractivity contribution in [1.29, 1.82) is 0 Å². The molecule has 21 heavy (non-hydrogen) atoms. The van der Waals surface area contributed by atoms with Crippen LogP contribution in [0, 0.1) is 0 Å². The predicted octanol–water partition coefficient (Wildman–Crippen LogP) is 1.97. The van der Waals surface area contributed by atoms with E-state index in [0.29, 0.717) is 11.8 Å². The average Bonchev–Trinajstić information content (AvgIpc) is 2.50. The summed E-state index contributed by atoms with van der Waals surface area (Å²) in [6.07, 6.45) is 1.53. The largest absolute Gasteiger partial charge is 0.492 e. The standard InChI is InChI=1S/C15H17N3O2S/c1-2-16-14-10-5-3-4-6-11(10)20-9-12(14)21-15-17-8-7-13(19)18-15/h3-8,12,14,16H,2,9H2,1H3,(H,17,18,19). The molecule has 0 aliphatic carbocycles. The lowest BCUT2D eigenvalue weighted by molar-refractivity contribution is 0.261. The van der Waals surface area contributed by atoms with Crippen LogP contribution in [0.2, 0.25) is 0 Å². The molecular weight excluding hydrogens is 286 g/mol. The normalized spacial score (nSPS) is 20.6. The van der Waals surface area contributed by atoms with Crippen LogP contribution in [0.25, 0.3) is 0 Å². The highest BCUT2D eigenvalue weighted by molar-refractivity contribution is 7.99. The van der Waals surface area contributed by atoms with Crippen molar-refractivity contribution in [3.63, 3.8) is 0 Å². The van der Waals surface area contributed by atoms with Crippen molar-refractivity contribution in [2.24, 2.45) is 0 Å². The van der Waals surface area contributed by atoms with E-state index in [2.05, 4.69) is 28.3 Å². The van der Waals surface area contributed by atoms with Gasteiger partial charge in [-0.05, 0) is 12.6 Å². The number of fused-ring (bicyclic) bond motifs is 1. The molecule has 2 unspecified atom stereocenters. The lowest BCUT2D eigenvalue weighted by Gasteiger charge is -2.33. The number of benzene rings is 1. The highest BCUT2D eigenvalue weighted by Crippen LogP contribution is 2.38. The van der Waals surface area contributed by atoms with Crippen molar-refractivity contribution in [3.05, 3.63) is 52.4 Å². The minimum Gasteiger partial charge on any atom is -0.492 e. The number of hydrogen-bond acceptors (Lipinski definition) is 5. The maximum atomic E-state index is 11.4. The van der Waals surface area contributed by atoms with E-state index in [4.69, 9.17) is 4.74 Å². The third-order valence-corrected chi connectivity index (χ3v) is 4.51. The average molecular weight is 303 g/mol. The van der Waals surface area contributed by atoms with Crippen LogP contribution in [0.4, 0.5) is 0 Å². The molecule has 0 spiro atoms. The van der Waals surface area contributed by atoms with Gasteiger partial charge < -0.3 is 15.0 Å². The molecule has 2 N–H and O–H groups in total. The molecule has 2 heterocycles. The minimum absolute atomic E-state index is 0.135. The Morgan fingerprint density at radius 3 is 3.10 bits per heavy atom. The van der Waals surface area contributed by atoms with Gasteiger partial charge in [0.25, 0.3) is 5.56 Å². The van der Waals surface area contributed by atoms with Gasteiger partial charge in [-0.3, -0.25) is 4.79 Å². The van der Waals surface area contributed by atoms with Gasteiger partial charge in [-0.1, -0.05) is 36.9 Å². The molecular formula is C15H17N3O2S. The summed E-state index contributed by atoms with van der Waals surface area (Å²) >= 11 is 1.54. The topological polar surface area (TPSA) is 67.0 Å². The first-order chi connectivity index (χ1) is 10.3. The lowest BCUT2D eigenvalue weighted by atomic mass is 10.0. The zero-order valence-corrected chi connectivity index (χ0v) is 12.5. The monoisotopic (exact) mass is 303 g/mol. The molecule has 6 heteroatoms. The first kappa shape index (κ1) is 14.2. The molecule has 110 valence electrons. The van der Waals surface area contributed by atoms with Gasteiger partial charge in [0.2, 0.25) is 0 Å². The second-order valence-electron chi connectivity index (χ2n) is 4.78. The van der Waals surface area contributed by atoms with Gasteiger partial charge in [-0.2, -0.15) is 0 Å². The van der Waals surface area contributed by atoms with Crippen LogP contribution in [-0.4, -0.2) is 28.4 Å². The summed E-state index contributed by atoms with van der Waals surface area (Å²) in [5, 5.41) is 4.29. The molecule has 0 amide bonds. The summed E-state index contributed by atoms with van der Waals surface area (Å²) in [5.41, 5.74) is 1.02. The number of rotatable bonds is 4. The van der Waals surface area contributed by atoms with Crippen molar-refractivity contribution < 1.29 is 4.74 Å². The fourth-order valence-electron chi connectivity index (χ4n) is 2.46. The summed E-state index contributed by atoms with van der Waals surface area (Å²) in [5.74, 6) is 0.926. The van der Waals surface area contributed by atoms with E-state index in [0.717, 1.165) is 17.9 Å². The molecule has 1 aliphatic rings. The second kappa shape index (κ2) is 6.32. The Labute approximate surface area is 127 Å². The van der Waals surface area contributed by atoms with Crippen molar-refractivity contribution in [2.45, 2.75) is 23.4 Å². The number of aromatic nitrogens is 2. The van der Waals surface area contributed by atoms with Gasteiger partial charge >= 0.3 is 0 Å². The molecule has 0 saturated heterocycles. The number of nitrogens with one attached hydrogen (secondary N) is 2. The van der Waals surface area contributed by atoms with Crippen LogP contribution >= 0.6 is 11.8 Å². The van der Waals surface area contributed by atoms with Gasteiger partial charge in [0.15, 0.2) is 5.16 Å². The van der Waals surface area contributed by atoms with E-state index in [-0.39, 0.29) is 16.9 Å². The van der Waals surface area contributed by atoms with Crippen LogP contribution in [0.3, 0.4) is 0 Å². The zero-order valence-electron chi connectivity index (χ0n) is 11.7. The molecule has 2 atom stereocenters. The molecule has 1 aromatic heterocycles. The number of ether oxygens (including phenoxy) is 1. The molecule has 5 nitrogen and oxygen atoms in total. The molecule has 0 bridgehead atoms. The van der Waals surface area contributed by atoms with E-state index in [1.54, 1.807) is 0 Å². The number of H-pyrrole nitrogens is 1. The quantitative estimate of drug-likeness (QED) is 0.845. The Kier molecular flexibility index (Phi) is 4.26. The van der Waals surface area contributed by atoms with Crippen molar-refractivity contribution in [1.82, 2.24) is 15.3 Å². The van der Waals surface area contributed by atoms with Crippen molar-refractivity contribution in [3.8, 4) is 5.75 Å². The first-order valence-electron chi connectivity index (χ1n) is 6.95. The lowest BCUT2D eigenvalue weighted by Crippen LogP contribution is -2.37. The van der Waals surface area contributed by atoms with Crippen LogP contribution < -0.4 is 15.6 Å². The van der Waals surface area contributed by atoms with E-state index in [1.807, 2.05) is 18.2 Å². The zero-order chi connectivity index (χ0) is 14.7. The Morgan fingerprint density at radius 2 is 2.29 bits per heavy atom.